The van der Waals surface area contributed by atoms with Gasteiger partial charge in [0.15, 0.2) is 0 Å². The maximum absolute atomic E-state index is 13.2. The molecule has 0 N–H and O–H groups in total. The van der Waals surface area contributed by atoms with Gasteiger partial charge in [0.2, 0.25) is 10.0 Å². The van der Waals surface area contributed by atoms with Crippen LogP contribution < -0.4 is 0 Å². The zero-order valence-electron chi connectivity index (χ0n) is 14.5. The molecule has 1 aliphatic rings. The first-order chi connectivity index (χ1) is 11.9. The molecule has 1 atom stereocenters. The third-order valence-corrected chi connectivity index (χ3v) is 6.66. The van der Waals surface area contributed by atoms with E-state index >= 15 is 0 Å². The van der Waals surface area contributed by atoms with Crippen molar-refractivity contribution in [2.45, 2.75) is 37.9 Å². The molecule has 1 unspecified atom stereocenters. The molecule has 2 aromatic rings. The minimum Gasteiger partial charge on any atom is -0.212 e. The average molecular weight is 361 g/mol. The van der Waals surface area contributed by atoms with Gasteiger partial charge in [-0.3, -0.25) is 0 Å². The van der Waals surface area contributed by atoms with Crippen LogP contribution in [0.25, 0.3) is 0 Å². The standard InChI is InChI=1S/C20H24FNO2S/c1-16-5-7-17(8-6-16)15-25(23,24)22-13-3-2-4-19(14-22)18-9-11-20(21)12-10-18/h5-12,19H,2-4,13-15H2,1H3. The van der Waals surface area contributed by atoms with E-state index in [1.807, 2.05) is 31.2 Å². The highest BCUT2D eigenvalue weighted by Crippen LogP contribution is 2.28. The molecule has 3 nitrogen and oxygen atoms in total. The predicted octanol–water partition coefficient (Wildman–Crippen LogP) is 4.23. The van der Waals surface area contributed by atoms with Crippen LogP contribution in [0.15, 0.2) is 48.5 Å². The average Bonchev–Trinajstić information content (AvgIpc) is 2.84. The fourth-order valence-corrected chi connectivity index (χ4v) is 4.96. The first-order valence-electron chi connectivity index (χ1n) is 8.73. The number of hydrogen-bond donors (Lipinski definition) is 0. The summed E-state index contributed by atoms with van der Waals surface area (Å²) in [6.45, 7) is 3.02. The van der Waals surface area contributed by atoms with E-state index in [2.05, 4.69) is 0 Å². The van der Waals surface area contributed by atoms with Crippen molar-refractivity contribution in [2.24, 2.45) is 0 Å². The van der Waals surface area contributed by atoms with Crippen LogP contribution in [0.2, 0.25) is 0 Å². The summed E-state index contributed by atoms with van der Waals surface area (Å²) in [5.41, 5.74) is 2.94. The SMILES string of the molecule is Cc1ccc(CS(=O)(=O)N2CCCCC(c3ccc(F)cc3)C2)cc1. The summed E-state index contributed by atoms with van der Waals surface area (Å²) in [5, 5.41) is 0. The van der Waals surface area contributed by atoms with E-state index in [1.54, 1.807) is 16.4 Å². The van der Waals surface area contributed by atoms with E-state index in [0.717, 1.165) is 36.0 Å². The maximum atomic E-state index is 13.2. The lowest BCUT2D eigenvalue weighted by Crippen LogP contribution is -2.35. The Bertz CT molecular complexity index is 801. The first-order valence-corrected chi connectivity index (χ1v) is 10.3. The van der Waals surface area contributed by atoms with Crippen LogP contribution in [0.1, 0.15) is 41.9 Å². The summed E-state index contributed by atoms with van der Waals surface area (Å²) < 4.78 is 40.6. The molecular formula is C20H24FNO2S. The number of benzene rings is 2. The van der Waals surface area contributed by atoms with E-state index in [4.69, 9.17) is 0 Å². The number of sulfonamides is 1. The summed E-state index contributed by atoms with van der Waals surface area (Å²) in [4.78, 5) is 0. The maximum Gasteiger partial charge on any atom is 0.218 e. The van der Waals surface area contributed by atoms with Crippen molar-refractivity contribution >= 4 is 10.0 Å². The Morgan fingerprint density at radius 3 is 2.40 bits per heavy atom. The van der Waals surface area contributed by atoms with Gasteiger partial charge >= 0.3 is 0 Å². The number of halogens is 1. The largest absolute Gasteiger partial charge is 0.218 e. The van der Waals surface area contributed by atoms with Crippen molar-refractivity contribution in [1.29, 1.82) is 0 Å². The highest BCUT2D eigenvalue weighted by molar-refractivity contribution is 7.88. The van der Waals surface area contributed by atoms with Gasteiger partial charge in [-0.25, -0.2) is 17.1 Å². The van der Waals surface area contributed by atoms with Crippen molar-refractivity contribution in [3.05, 3.63) is 71.0 Å². The van der Waals surface area contributed by atoms with Crippen molar-refractivity contribution in [3.63, 3.8) is 0 Å². The molecule has 1 fully saturated rings. The van der Waals surface area contributed by atoms with Crippen LogP contribution in [-0.4, -0.2) is 25.8 Å². The van der Waals surface area contributed by atoms with Crippen LogP contribution in [0.4, 0.5) is 4.39 Å². The topological polar surface area (TPSA) is 37.4 Å². The Balaban J connectivity index is 1.77. The van der Waals surface area contributed by atoms with Gasteiger partial charge in [0, 0.05) is 13.1 Å². The summed E-state index contributed by atoms with van der Waals surface area (Å²) >= 11 is 0. The van der Waals surface area contributed by atoms with E-state index < -0.39 is 10.0 Å². The van der Waals surface area contributed by atoms with Crippen molar-refractivity contribution < 1.29 is 12.8 Å². The second kappa shape index (κ2) is 7.67. The molecule has 0 spiro atoms. The van der Waals surface area contributed by atoms with E-state index in [9.17, 15) is 12.8 Å². The van der Waals surface area contributed by atoms with Gasteiger partial charge in [-0.2, -0.15) is 0 Å². The van der Waals surface area contributed by atoms with Crippen molar-refractivity contribution in [3.8, 4) is 0 Å². The monoisotopic (exact) mass is 361 g/mol. The van der Waals surface area contributed by atoms with Crippen LogP contribution >= 0.6 is 0 Å². The Hall–Kier alpha value is -1.72. The van der Waals surface area contributed by atoms with E-state index in [-0.39, 0.29) is 17.5 Å². The Labute approximate surface area is 149 Å². The van der Waals surface area contributed by atoms with Gasteiger partial charge < -0.3 is 0 Å². The molecule has 1 saturated heterocycles. The quantitative estimate of drug-likeness (QED) is 0.817. The minimum atomic E-state index is -3.36. The van der Waals surface area contributed by atoms with Gasteiger partial charge in [0.05, 0.1) is 5.75 Å². The summed E-state index contributed by atoms with van der Waals surface area (Å²) in [5.74, 6) is -0.110. The van der Waals surface area contributed by atoms with E-state index in [1.165, 1.54) is 12.1 Å². The fraction of sp³-hybridized carbons (Fsp3) is 0.400. The van der Waals surface area contributed by atoms with Gasteiger partial charge in [0.1, 0.15) is 5.82 Å². The Morgan fingerprint density at radius 1 is 1.04 bits per heavy atom. The molecule has 134 valence electrons. The Morgan fingerprint density at radius 2 is 1.72 bits per heavy atom. The highest BCUT2D eigenvalue weighted by atomic mass is 32.2. The molecule has 3 rings (SSSR count). The zero-order valence-corrected chi connectivity index (χ0v) is 15.3. The third-order valence-electron chi connectivity index (χ3n) is 4.84. The molecule has 5 heteroatoms. The molecule has 0 radical (unpaired) electrons. The number of aryl methyl sites for hydroxylation is 1. The van der Waals surface area contributed by atoms with Crippen molar-refractivity contribution in [2.75, 3.05) is 13.1 Å². The molecule has 1 aliphatic heterocycles. The van der Waals surface area contributed by atoms with Gasteiger partial charge in [-0.05, 0) is 48.9 Å². The fourth-order valence-electron chi connectivity index (χ4n) is 3.35. The second-order valence-corrected chi connectivity index (χ2v) is 8.81. The highest BCUT2D eigenvalue weighted by Gasteiger charge is 2.28. The van der Waals surface area contributed by atoms with Crippen LogP contribution in [0.3, 0.4) is 0 Å². The lowest BCUT2D eigenvalue weighted by atomic mass is 9.95. The van der Waals surface area contributed by atoms with Gasteiger partial charge in [-0.15, -0.1) is 0 Å². The van der Waals surface area contributed by atoms with Gasteiger partial charge in [0.25, 0.3) is 0 Å². The van der Waals surface area contributed by atoms with Crippen LogP contribution in [-0.2, 0) is 15.8 Å². The van der Waals surface area contributed by atoms with E-state index in [0.29, 0.717) is 13.1 Å². The number of nitrogens with zero attached hydrogens (tertiary/aromatic N) is 1. The van der Waals surface area contributed by atoms with Crippen LogP contribution in [0, 0.1) is 12.7 Å². The summed E-state index contributed by atoms with van der Waals surface area (Å²) in [6, 6.07) is 14.1. The van der Waals surface area contributed by atoms with Gasteiger partial charge in [-0.1, -0.05) is 48.4 Å². The lowest BCUT2D eigenvalue weighted by molar-refractivity contribution is 0.405. The Kier molecular flexibility index (Phi) is 5.54. The third kappa shape index (κ3) is 4.67. The summed E-state index contributed by atoms with van der Waals surface area (Å²) in [6.07, 6.45) is 2.78. The normalized spacial score (nSPS) is 19.5. The smallest absolute Gasteiger partial charge is 0.212 e. The summed E-state index contributed by atoms with van der Waals surface area (Å²) in [7, 11) is -3.36. The molecule has 0 saturated carbocycles. The molecule has 2 aromatic carbocycles. The van der Waals surface area contributed by atoms with Crippen LogP contribution in [0.5, 0.6) is 0 Å². The molecule has 0 aliphatic carbocycles. The first kappa shape index (κ1) is 18.1. The zero-order chi connectivity index (χ0) is 17.9. The molecule has 1 heterocycles. The molecular weight excluding hydrogens is 337 g/mol. The molecule has 0 aromatic heterocycles. The number of rotatable bonds is 4. The molecule has 25 heavy (non-hydrogen) atoms. The predicted molar refractivity (Wildman–Crippen MR) is 98.4 cm³/mol. The minimum absolute atomic E-state index is 0.0312. The molecule has 0 amide bonds. The van der Waals surface area contributed by atoms with Crippen molar-refractivity contribution in [1.82, 2.24) is 4.31 Å². The lowest BCUT2D eigenvalue weighted by Gasteiger charge is -2.24. The molecule has 0 bridgehead atoms. The number of hydrogen-bond acceptors (Lipinski definition) is 2. The second-order valence-electron chi connectivity index (χ2n) is 6.84.